The van der Waals surface area contributed by atoms with Gasteiger partial charge in [0.1, 0.15) is 5.75 Å². The second-order valence-electron chi connectivity index (χ2n) is 5.17. The zero-order valence-electron chi connectivity index (χ0n) is 11.2. The highest BCUT2D eigenvalue weighted by Gasteiger charge is 2.22. The number of nitrogens with zero attached hydrogens (tertiary/aromatic N) is 1. The van der Waals surface area contributed by atoms with E-state index in [4.69, 9.17) is 4.74 Å². The van der Waals surface area contributed by atoms with Crippen molar-refractivity contribution in [3.8, 4) is 5.75 Å². The molecule has 1 fully saturated rings. The van der Waals surface area contributed by atoms with Crippen molar-refractivity contribution in [3.05, 3.63) is 29.8 Å². The van der Waals surface area contributed by atoms with Gasteiger partial charge >= 0.3 is 0 Å². The maximum absolute atomic E-state index is 5.19. The smallest absolute Gasteiger partial charge is 0.118 e. The van der Waals surface area contributed by atoms with Crippen LogP contribution in [0.15, 0.2) is 24.3 Å². The van der Waals surface area contributed by atoms with Gasteiger partial charge in [0.25, 0.3) is 0 Å². The highest BCUT2D eigenvalue weighted by molar-refractivity contribution is 14.1. The normalized spacial score (nSPS) is 24.2. The van der Waals surface area contributed by atoms with Crippen molar-refractivity contribution in [1.82, 2.24) is 4.90 Å². The van der Waals surface area contributed by atoms with Crippen LogP contribution in [0.1, 0.15) is 31.2 Å². The maximum atomic E-state index is 5.19. The molecule has 1 aliphatic rings. The van der Waals surface area contributed by atoms with E-state index in [9.17, 15) is 0 Å². The third kappa shape index (κ3) is 3.85. The van der Waals surface area contributed by atoms with Crippen molar-refractivity contribution < 1.29 is 4.74 Å². The molecule has 100 valence electrons. The van der Waals surface area contributed by atoms with Gasteiger partial charge in [-0.05, 0) is 50.4 Å². The Labute approximate surface area is 124 Å². The lowest BCUT2D eigenvalue weighted by Gasteiger charge is -2.33. The highest BCUT2D eigenvalue weighted by Crippen LogP contribution is 2.28. The molecule has 0 spiro atoms. The average Bonchev–Trinajstić information content (AvgIpc) is 2.40. The fourth-order valence-electron chi connectivity index (χ4n) is 2.62. The molecule has 0 amide bonds. The Morgan fingerprint density at radius 3 is 2.33 bits per heavy atom. The van der Waals surface area contributed by atoms with Crippen molar-refractivity contribution in [2.45, 2.75) is 42.2 Å². The van der Waals surface area contributed by atoms with Gasteiger partial charge in [-0.15, -0.1) is 0 Å². The lowest BCUT2D eigenvalue weighted by atomic mass is 9.94. The molecule has 0 aromatic heterocycles. The average molecular weight is 359 g/mol. The van der Waals surface area contributed by atoms with Gasteiger partial charge in [-0.25, -0.2) is 0 Å². The second-order valence-corrected chi connectivity index (χ2v) is 6.93. The number of alkyl halides is 1. The number of benzene rings is 1. The van der Waals surface area contributed by atoms with Gasteiger partial charge < -0.3 is 4.74 Å². The zero-order chi connectivity index (χ0) is 13.0. The van der Waals surface area contributed by atoms with E-state index in [1.165, 1.54) is 31.2 Å². The van der Waals surface area contributed by atoms with Gasteiger partial charge in [0, 0.05) is 16.5 Å². The first-order chi connectivity index (χ1) is 8.69. The molecule has 1 aromatic carbocycles. The molecule has 1 aromatic rings. The van der Waals surface area contributed by atoms with Crippen molar-refractivity contribution in [2.24, 2.45) is 0 Å². The molecule has 0 bridgehead atoms. The van der Waals surface area contributed by atoms with Gasteiger partial charge in [0.2, 0.25) is 0 Å². The Morgan fingerprint density at radius 2 is 1.78 bits per heavy atom. The van der Waals surface area contributed by atoms with Gasteiger partial charge in [-0.2, -0.15) is 0 Å². The Hall–Kier alpha value is -0.290. The molecule has 0 saturated heterocycles. The van der Waals surface area contributed by atoms with E-state index < -0.39 is 0 Å². The molecule has 18 heavy (non-hydrogen) atoms. The molecule has 1 saturated carbocycles. The number of methoxy groups -OCH3 is 1. The summed E-state index contributed by atoms with van der Waals surface area (Å²) < 4.78 is 6.08. The highest BCUT2D eigenvalue weighted by atomic mass is 127. The van der Waals surface area contributed by atoms with Crippen LogP contribution in [0.2, 0.25) is 0 Å². The first-order valence-corrected chi connectivity index (χ1v) is 7.91. The second kappa shape index (κ2) is 6.75. The first kappa shape index (κ1) is 14.1. The van der Waals surface area contributed by atoms with Gasteiger partial charge in [0.05, 0.1) is 7.11 Å². The van der Waals surface area contributed by atoms with E-state index in [0.717, 1.165) is 22.3 Å². The number of ether oxygens (including phenoxy) is 1. The van der Waals surface area contributed by atoms with Gasteiger partial charge in [0.15, 0.2) is 0 Å². The van der Waals surface area contributed by atoms with Crippen LogP contribution in [0.25, 0.3) is 0 Å². The standard InChI is InChI=1S/C15H22INO/c1-17(14-7-5-13(16)6-8-14)11-12-3-9-15(18-2)10-4-12/h3-4,9-10,13-14H,5-8,11H2,1-2H3. The molecule has 3 heteroatoms. The van der Waals surface area contributed by atoms with Crippen molar-refractivity contribution >= 4 is 22.6 Å². The summed E-state index contributed by atoms with van der Waals surface area (Å²) in [5.41, 5.74) is 1.37. The molecule has 0 radical (unpaired) electrons. The molecule has 0 unspecified atom stereocenters. The van der Waals surface area contributed by atoms with E-state index in [0.29, 0.717) is 0 Å². The van der Waals surface area contributed by atoms with E-state index >= 15 is 0 Å². The molecule has 2 rings (SSSR count). The molecule has 0 N–H and O–H groups in total. The lowest BCUT2D eigenvalue weighted by molar-refractivity contribution is 0.188. The third-order valence-corrected chi connectivity index (χ3v) is 5.09. The lowest BCUT2D eigenvalue weighted by Crippen LogP contribution is -2.34. The first-order valence-electron chi connectivity index (χ1n) is 6.66. The number of rotatable bonds is 4. The summed E-state index contributed by atoms with van der Waals surface area (Å²) >= 11 is 2.59. The van der Waals surface area contributed by atoms with E-state index in [-0.39, 0.29) is 0 Å². The van der Waals surface area contributed by atoms with E-state index in [2.05, 4.69) is 46.7 Å². The topological polar surface area (TPSA) is 12.5 Å². The van der Waals surface area contributed by atoms with Gasteiger partial charge in [-0.1, -0.05) is 34.7 Å². The zero-order valence-corrected chi connectivity index (χ0v) is 13.4. The minimum absolute atomic E-state index is 0.762. The fraction of sp³-hybridized carbons (Fsp3) is 0.600. The maximum Gasteiger partial charge on any atom is 0.118 e. The van der Waals surface area contributed by atoms with Crippen molar-refractivity contribution in [2.75, 3.05) is 14.2 Å². The minimum atomic E-state index is 0.762. The predicted octanol–water partition coefficient (Wildman–Crippen LogP) is 3.87. The summed E-state index contributed by atoms with van der Waals surface area (Å²) in [6.45, 7) is 1.04. The Balaban J connectivity index is 1.87. The Morgan fingerprint density at radius 1 is 1.17 bits per heavy atom. The quantitative estimate of drug-likeness (QED) is 0.598. The SMILES string of the molecule is COc1ccc(CN(C)C2CCC(I)CC2)cc1. The summed E-state index contributed by atoms with van der Waals surface area (Å²) in [6, 6.07) is 9.19. The van der Waals surface area contributed by atoms with Crippen molar-refractivity contribution in [1.29, 1.82) is 0 Å². The van der Waals surface area contributed by atoms with Gasteiger partial charge in [-0.3, -0.25) is 4.90 Å². The third-order valence-electron chi connectivity index (χ3n) is 3.84. The summed E-state index contributed by atoms with van der Waals surface area (Å²) in [7, 11) is 3.96. The Bertz CT molecular complexity index is 357. The van der Waals surface area contributed by atoms with E-state index in [1.54, 1.807) is 7.11 Å². The monoisotopic (exact) mass is 359 g/mol. The fourth-order valence-corrected chi connectivity index (χ4v) is 3.34. The Kier molecular flexibility index (Phi) is 5.30. The molecular formula is C15H22INO. The van der Waals surface area contributed by atoms with Crippen LogP contribution in [0.3, 0.4) is 0 Å². The molecule has 1 aliphatic carbocycles. The van der Waals surface area contributed by atoms with Crippen LogP contribution in [0.4, 0.5) is 0 Å². The summed E-state index contributed by atoms with van der Waals surface area (Å²) in [5, 5.41) is 0. The summed E-state index contributed by atoms with van der Waals surface area (Å²) in [5.74, 6) is 0.937. The van der Waals surface area contributed by atoms with Crippen LogP contribution in [-0.2, 0) is 6.54 Å². The van der Waals surface area contributed by atoms with Crippen LogP contribution in [0.5, 0.6) is 5.75 Å². The van der Waals surface area contributed by atoms with Crippen molar-refractivity contribution in [3.63, 3.8) is 0 Å². The predicted molar refractivity (Wildman–Crippen MR) is 84.5 cm³/mol. The number of hydrogen-bond donors (Lipinski definition) is 0. The molecular weight excluding hydrogens is 337 g/mol. The van der Waals surface area contributed by atoms with E-state index in [1.807, 2.05) is 12.1 Å². The van der Waals surface area contributed by atoms with Crippen LogP contribution in [0, 0.1) is 0 Å². The summed E-state index contributed by atoms with van der Waals surface area (Å²) in [4.78, 5) is 2.50. The summed E-state index contributed by atoms with van der Waals surface area (Å²) in [6.07, 6.45) is 5.44. The number of halogens is 1. The van der Waals surface area contributed by atoms with Crippen LogP contribution >= 0.6 is 22.6 Å². The molecule has 0 heterocycles. The molecule has 0 aliphatic heterocycles. The number of hydrogen-bond acceptors (Lipinski definition) is 2. The largest absolute Gasteiger partial charge is 0.497 e. The van der Waals surface area contributed by atoms with Crippen LogP contribution in [-0.4, -0.2) is 29.0 Å². The molecule has 0 atom stereocenters. The minimum Gasteiger partial charge on any atom is -0.497 e. The molecule has 2 nitrogen and oxygen atoms in total. The van der Waals surface area contributed by atoms with Crippen LogP contribution < -0.4 is 4.74 Å².